The molecule has 0 spiro atoms. The molecule has 0 bridgehead atoms. The molecule has 0 fully saturated rings. The number of ether oxygens (including phenoxy) is 1. The summed E-state index contributed by atoms with van der Waals surface area (Å²) in [6.45, 7) is 3.71. The number of nitrogens with one attached hydrogen (secondary N) is 2. The monoisotopic (exact) mass is 339 g/mol. The maximum absolute atomic E-state index is 11.7. The number of hydrogen-bond acceptors (Lipinski definition) is 7. The Balaban J connectivity index is 2.01. The van der Waals surface area contributed by atoms with E-state index in [0.29, 0.717) is 17.4 Å². The normalized spacial score (nSPS) is 10.7. The van der Waals surface area contributed by atoms with Gasteiger partial charge in [-0.05, 0) is 13.3 Å². The summed E-state index contributed by atoms with van der Waals surface area (Å²) in [7, 11) is 0. The molecule has 124 valence electrons. The van der Waals surface area contributed by atoms with Crippen molar-refractivity contribution in [2.45, 2.75) is 25.4 Å². The van der Waals surface area contributed by atoms with Crippen LogP contribution >= 0.6 is 11.8 Å². The minimum Gasteiger partial charge on any atom is -0.465 e. The van der Waals surface area contributed by atoms with Crippen LogP contribution < -0.4 is 10.9 Å². The van der Waals surface area contributed by atoms with Crippen LogP contribution in [-0.2, 0) is 20.7 Å². The molecule has 0 atom stereocenters. The molecule has 23 heavy (non-hydrogen) atoms. The average Bonchev–Trinajstić information content (AvgIpc) is 2.93. The van der Waals surface area contributed by atoms with Gasteiger partial charge in [0, 0.05) is 11.8 Å². The number of aromatic amines is 1. The number of esters is 1. The van der Waals surface area contributed by atoms with E-state index in [1.807, 2.05) is 6.92 Å². The summed E-state index contributed by atoms with van der Waals surface area (Å²) < 4.78 is 6.42. The largest absolute Gasteiger partial charge is 0.465 e. The Hall–Kier alpha value is -2.36. The third-order valence-electron chi connectivity index (χ3n) is 2.88. The van der Waals surface area contributed by atoms with Crippen LogP contribution in [0.2, 0.25) is 0 Å². The van der Waals surface area contributed by atoms with E-state index in [0.717, 1.165) is 5.69 Å². The highest BCUT2D eigenvalue weighted by Crippen LogP contribution is 2.17. The maximum Gasteiger partial charge on any atom is 0.325 e. The second-order valence-corrected chi connectivity index (χ2v) is 5.43. The lowest BCUT2D eigenvalue weighted by Crippen LogP contribution is -2.31. The number of fused-ring (bicyclic) bond motifs is 1. The molecule has 2 N–H and O–H groups in total. The number of rotatable bonds is 7. The second-order valence-electron chi connectivity index (χ2n) is 4.49. The standard InChI is InChI=1S/C13H17N5O4S/c1-3-8-5-9(19)15-12-16-17-13(18(8)12)23-7-10(20)14-6-11(21)22-4-2/h5H,3-4,6-7H2,1-2H3,(H,14,20)(H,15,16,19). The van der Waals surface area contributed by atoms with Crippen molar-refractivity contribution in [2.75, 3.05) is 18.9 Å². The molecule has 0 saturated carbocycles. The van der Waals surface area contributed by atoms with Crippen molar-refractivity contribution in [1.29, 1.82) is 0 Å². The Morgan fingerprint density at radius 3 is 2.87 bits per heavy atom. The van der Waals surface area contributed by atoms with E-state index in [1.165, 1.54) is 17.8 Å². The number of aryl methyl sites for hydroxylation is 1. The van der Waals surface area contributed by atoms with Crippen LogP contribution in [0.25, 0.3) is 5.78 Å². The number of nitrogens with zero attached hydrogens (tertiary/aromatic N) is 3. The van der Waals surface area contributed by atoms with Crippen LogP contribution in [0.4, 0.5) is 0 Å². The Morgan fingerprint density at radius 1 is 1.39 bits per heavy atom. The van der Waals surface area contributed by atoms with Crippen molar-refractivity contribution in [1.82, 2.24) is 24.9 Å². The van der Waals surface area contributed by atoms with Gasteiger partial charge in [-0.15, -0.1) is 10.2 Å². The van der Waals surface area contributed by atoms with Crippen LogP contribution in [-0.4, -0.2) is 50.4 Å². The fourth-order valence-electron chi connectivity index (χ4n) is 1.89. The molecule has 1 amide bonds. The number of H-pyrrole nitrogens is 1. The van der Waals surface area contributed by atoms with Gasteiger partial charge in [0.25, 0.3) is 5.56 Å². The number of thioether (sulfide) groups is 1. The van der Waals surface area contributed by atoms with Gasteiger partial charge in [0.05, 0.1) is 12.4 Å². The molecule has 2 heterocycles. The second kappa shape index (κ2) is 7.77. The molecular weight excluding hydrogens is 322 g/mol. The van der Waals surface area contributed by atoms with E-state index in [9.17, 15) is 14.4 Å². The highest BCUT2D eigenvalue weighted by atomic mass is 32.2. The quantitative estimate of drug-likeness (QED) is 0.527. The smallest absolute Gasteiger partial charge is 0.325 e. The predicted octanol–water partition coefficient (Wildman–Crippen LogP) is -0.249. The Morgan fingerprint density at radius 2 is 2.17 bits per heavy atom. The zero-order valence-electron chi connectivity index (χ0n) is 12.8. The van der Waals surface area contributed by atoms with Crippen molar-refractivity contribution < 1.29 is 14.3 Å². The lowest BCUT2D eigenvalue weighted by atomic mass is 10.3. The minimum absolute atomic E-state index is 0.0719. The van der Waals surface area contributed by atoms with E-state index in [2.05, 4.69) is 20.5 Å². The van der Waals surface area contributed by atoms with Crippen LogP contribution in [0.1, 0.15) is 19.5 Å². The van der Waals surface area contributed by atoms with Crippen LogP contribution in [0, 0.1) is 0 Å². The third-order valence-corrected chi connectivity index (χ3v) is 3.81. The van der Waals surface area contributed by atoms with Crippen molar-refractivity contribution in [3.05, 3.63) is 22.1 Å². The predicted molar refractivity (Wildman–Crippen MR) is 83.4 cm³/mol. The van der Waals surface area contributed by atoms with Crippen molar-refractivity contribution >= 4 is 29.4 Å². The number of hydrogen-bond donors (Lipinski definition) is 2. The lowest BCUT2D eigenvalue weighted by molar-refractivity contribution is -0.143. The van der Waals surface area contributed by atoms with Crippen molar-refractivity contribution in [3.8, 4) is 0 Å². The first kappa shape index (κ1) is 17.0. The average molecular weight is 339 g/mol. The van der Waals surface area contributed by atoms with E-state index >= 15 is 0 Å². The maximum atomic E-state index is 11.7. The van der Waals surface area contributed by atoms with E-state index < -0.39 is 5.97 Å². The molecule has 0 aliphatic heterocycles. The number of carbonyl (C=O) groups is 2. The minimum atomic E-state index is -0.482. The van der Waals surface area contributed by atoms with Gasteiger partial charge in [-0.2, -0.15) is 0 Å². The molecule has 0 aliphatic rings. The number of aromatic nitrogens is 4. The first-order valence-electron chi connectivity index (χ1n) is 7.07. The van der Waals surface area contributed by atoms with E-state index in [-0.39, 0.29) is 30.4 Å². The molecule has 2 rings (SSSR count). The topological polar surface area (TPSA) is 118 Å². The molecule has 9 nitrogen and oxygen atoms in total. The Bertz CT molecular complexity index is 769. The van der Waals surface area contributed by atoms with E-state index in [4.69, 9.17) is 4.74 Å². The molecule has 0 aliphatic carbocycles. The van der Waals surface area contributed by atoms with Gasteiger partial charge in [0.15, 0.2) is 5.16 Å². The molecule has 0 saturated heterocycles. The first-order valence-corrected chi connectivity index (χ1v) is 8.06. The van der Waals surface area contributed by atoms with Crippen LogP contribution in [0.3, 0.4) is 0 Å². The fraction of sp³-hybridized carbons (Fsp3) is 0.462. The van der Waals surface area contributed by atoms with Crippen molar-refractivity contribution in [3.63, 3.8) is 0 Å². The highest BCUT2D eigenvalue weighted by Gasteiger charge is 2.13. The molecule has 10 heteroatoms. The zero-order valence-corrected chi connectivity index (χ0v) is 13.6. The van der Waals surface area contributed by atoms with Gasteiger partial charge < -0.3 is 10.1 Å². The summed E-state index contributed by atoms with van der Waals surface area (Å²) in [5, 5.41) is 10.8. The summed E-state index contributed by atoms with van der Waals surface area (Å²) in [6.07, 6.45) is 0.626. The number of carbonyl (C=O) groups excluding carboxylic acids is 2. The summed E-state index contributed by atoms with van der Waals surface area (Å²) in [4.78, 5) is 37.0. The SMILES string of the molecule is CCOC(=O)CNC(=O)CSc1nnc2[nH]c(=O)cc(CC)n12. The molecule has 2 aromatic rings. The fourth-order valence-corrected chi connectivity index (χ4v) is 2.68. The van der Waals surface area contributed by atoms with Gasteiger partial charge in [0.1, 0.15) is 6.54 Å². The van der Waals surface area contributed by atoms with Gasteiger partial charge in [-0.3, -0.25) is 23.8 Å². The van der Waals surface area contributed by atoms with Gasteiger partial charge >= 0.3 is 5.97 Å². The van der Waals surface area contributed by atoms with Crippen LogP contribution in [0.15, 0.2) is 16.0 Å². The lowest BCUT2D eigenvalue weighted by Gasteiger charge is -2.06. The first-order chi connectivity index (χ1) is 11.0. The Labute approximate surface area is 135 Å². The summed E-state index contributed by atoms with van der Waals surface area (Å²) in [5.41, 5.74) is 0.508. The van der Waals surface area contributed by atoms with E-state index in [1.54, 1.807) is 11.3 Å². The molecular formula is C13H17N5O4S. The molecule has 0 radical (unpaired) electrons. The highest BCUT2D eigenvalue weighted by molar-refractivity contribution is 7.99. The molecule has 0 aromatic carbocycles. The zero-order chi connectivity index (χ0) is 16.8. The number of amides is 1. The third kappa shape index (κ3) is 4.31. The summed E-state index contributed by atoms with van der Waals surface area (Å²) in [5.74, 6) is -0.390. The van der Waals surface area contributed by atoms with Gasteiger partial charge in [-0.25, -0.2) is 0 Å². The van der Waals surface area contributed by atoms with Gasteiger partial charge in [0.2, 0.25) is 11.7 Å². The van der Waals surface area contributed by atoms with Gasteiger partial charge in [-0.1, -0.05) is 18.7 Å². The molecule has 2 aromatic heterocycles. The molecule has 0 unspecified atom stereocenters. The van der Waals surface area contributed by atoms with Crippen LogP contribution in [0.5, 0.6) is 0 Å². The Kier molecular flexibility index (Phi) is 5.74. The summed E-state index contributed by atoms with van der Waals surface area (Å²) in [6, 6.07) is 1.47. The summed E-state index contributed by atoms with van der Waals surface area (Å²) >= 11 is 1.17. The van der Waals surface area contributed by atoms with Crippen molar-refractivity contribution in [2.24, 2.45) is 0 Å².